The summed E-state index contributed by atoms with van der Waals surface area (Å²) in [6.07, 6.45) is 0. The summed E-state index contributed by atoms with van der Waals surface area (Å²) in [5, 5.41) is 5.79. The Hall–Kier alpha value is -2.12. The van der Waals surface area contributed by atoms with Gasteiger partial charge in [-0.25, -0.2) is 0 Å². The second kappa shape index (κ2) is 8.31. The van der Waals surface area contributed by atoms with Crippen LogP contribution in [0.4, 0.5) is 0 Å². The fourth-order valence-corrected chi connectivity index (χ4v) is 3.97. The van der Waals surface area contributed by atoms with Crippen LogP contribution in [0.5, 0.6) is 0 Å². The highest BCUT2D eigenvalue weighted by Gasteiger charge is 2.22. The molecule has 0 fully saturated rings. The molecule has 3 aromatic rings. The molecule has 1 atom stereocenters. The fraction of sp³-hybridized carbons (Fsp3) is 0.278. The molecule has 130 valence electrons. The standard InChI is InChI=1S/C18H19N3O2S2/c1-3-21(18(22)13(2)25-14-8-5-4-6-9-14)12-16-19-17(20-23-16)15-10-7-11-24-15/h4-11,13H,3,12H2,1-2H3. The zero-order valence-corrected chi connectivity index (χ0v) is 15.7. The van der Waals surface area contributed by atoms with E-state index in [9.17, 15) is 4.79 Å². The van der Waals surface area contributed by atoms with Gasteiger partial charge in [-0.15, -0.1) is 23.1 Å². The quantitative estimate of drug-likeness (QED) is 0.577. The van der Waals surface area contributed by atoms with Crippen molar-refractivity contribution in [3.63, 3.8) is 0 Å². The van der Waals surface area contributed by atoms with Crippen molar-refractivity contribution in [3.8, 4) is 10.7 Å². The van der Waals surface area contributed by atoms with E-state index in [-0.39, 0.29) is 11.2 Å². The molecule has 0 radical (unpaired) electrons. The molecule has 0 saturated carbocycles. The average molecular weight is 374 g/mol. The van der Waals surface area contributed by atoms with Gasteiger partial charge in [-0.05, 0) is 37.4 Å². The number of carbonyl (C=O) groups is 1. The van der Waals surface area contributed by atoms with Crippen molar-refractivity contribution in [2.45, 2.75) is 30.5 Å². The molecule has 0 bridgehead atoms. The van der Waals surface area contributed by atoms with Crippen LogP contribution in [0.3, 0.4) is 0 Å². The topological polar surface area (TPSA) is 59.2 Å². The van der Waals surface area contributed by atoms with Crippen LogP contribution in [0.2, 0.25) is 0 Å². The Morgan fingerprint density at radius 2 is 2.08 bits per heavy atom. The first kappa shape index (κ1) is 17.7. The zero-order valence-electron chi connectivity index (χ0n) is 14.1. The van der Waals surface area contributed by atoms with Gasteiger partial charge in [0, 0.05) is 11.4 Å². The molecule has 0 aliphatic heterocycles. The van der Waals surface area contributed by atoms with E-state index in [2.05, 4.69) is 10.1 Å². The van der Waals surface area contributed by atoms with E-state index in [1.54, 1.807) is 28.0 Å². The highest BCUT2D eigenvalue weighted by atomic mass is 32.2. The largest absolute Gasteiger partial charge is 0.337 e. The van der Waals surface area contributed by atoms with Gasteiger partial charge in [0.15, 0.2) is 0 Å². The van der Waals surface area contributed by atoms with Gasteiger partial charge in [0.1, 0.15) is 6.54 Å². The van der Waals surface area contributed by atoms with Crippen molar-refractivity contribution in [2.75, 3.05) is 6.54 Å². The van der Waals surface area contributed by atoms with Gasteiger partial charge in [-0.2, -0.15) is 4.98 Å². The number of thiophene rings is 1. The zero-order chi connectivity index (χ0) is 17.6. The van der Waals surface area contributed by atoms with E-state index in [4.69, 9.17) is 4.52 Å². The van der Waals surface area contributed by atoms with Gasteiger partial charge < -0.3 is 9.42 Å². The predicted molar refractivity (Wildman–Crippen MR) is 100 cm³/mol. The molecule has 0 saturated heterocycles. The summed E-state index contributed by atoms with van der Waals surface area (Å²) in [5.74, 6) is 1.09. The lowest BCUT2D eigenvalue weighted by molar-refractivity contribution is -0.131. The normalized spacial score (nSPS) is 12.1. The van der Waals surface area contributed by atoms with Gasteiger partial charge in [0.05, 0.1) is 10.1 Å². The second-order valence-electron chi connectivity index (χ2n) is 5.41. The lowest BCUT2D eigenvalue weighted by atomic mass is 10.3. The van der Waals surface area contributed by atoms with E-state index in [0.717, 1.165) is 9.77 Å². The van der Waals surface area contributed by atoms with Gasteiger partial charge in [0.2, 0.25) is 17.6 Å². The first-order chi connectivity index (χ1) is 12.2. The Kier molecular flexibility index (Phi) is 5.88. The van der Waals surface area contributed by atoms with Gasteiger partial charge in [-0.1, -0.05) is 29.4 Å². The van der Waals surface area contributed by atoms with Crippen molar-refractivity contribution in [1.29, 1.82) is 0 Å². The summed E-state index contributed by atoms with van der Waals surface area (Å²) in [6, 6.07) is 13.8. The molecule has 2 aromatic heterocycles. The van der Waals surface area contributed by atoms with Crippen LogP contribution >= 0.6 is 23.1 Å². The summed E-state index contributed by atoms with van der Waals surface area (Å²) in [4.78, 5) is 20.9. The number of carbonyl (C=O) groups excluding carboxylic acids is 1. The number of amides is 1. The molecule has 1 aromatic carbocycles. The highest BCUT2D eigenvalue weighted by molar-refractivity contribution is 8.00. The summed E-state index contributed by atoms with van der Waals surface area (Å²) in [7, 11) is 0. The monoisotopic (exact) mass is 373 g/mol. The van der Waals surface area contributed by atoms with E-state index >= 15 is 0 Å². The van der Waals surface area contributed by atoms with E-state index in [1.165, 1.54) is 0 Å². The number of thioether (sulfide) groups is 1. The molecule has 0 aliphatic rings. The van der Waals surface area contributed by atoms with Crippen molar-refractivity contribution in [3.05, 3.63) is 53.7 Å². The van der Waals surface area contributed by atoms with E-state index < -0.39 is 0 Å². The maximum atomic E-state index is 12.7. The van der Waals surface area contributed by atoms with E-state index in [0.29, 0.717) is 24.8 Å². The molecular formula is C18H19N3O2S2. The molecule has 0 N–H and O–H groups in total. The number of rotatable bonds is 7. The molecule has 5 nitrogen and oxygen atoms in total. The van der Waals surface area contributed by atoms with Crippen LogP contribution < -0.4 is 0 Å². The number of benzene rings is 1. The molecule has 0 aliphatic carbocycles. The van der Waals surface area contributed by atoms with Crippen LogP contribution in [0.15, 0.2) is 57.3 Å². The predicted octanol–water partition coefficient (Wildman–Crippen LogP) is 4.33. The minimum atomic E-state index is -0.179. The number of hydrogen-bond acceptors (Lipinski definition) is 6. The Morgan fingerprint density at radius 1 is 1.28 bits per heavy atom. The Labute approximate surface area is 155 Å². The van der Waals surface area contributed by atoms with Crippen LogP contribution in [0, 0.1) is 0 Å². The number of aromatic nitrogens is 2. The summed E-state index contributed by atoms with van der Waals surface area (Å²) in [6.45, 7) is 4.80. The molecule has 2 heterocycles. The summed E-state index contributed by atoms with van der Waals surface area (Å²) in [5.41, 5.74) is 0. The van der Waals surface area contributed by atoms with Crippen molar-refractivity contribution in [1.82, 2.24) is 15.0 Å². The average Bonchev–Trinajstić information content (AvgIpc) is 3.31. The van der Waals surface area contributed by atoms with Crippen LogP contribution in [-0.4, -0.2) is 32.7 Å². The maximum Gasteiger partial charge on any atom is 0.246 e. The maximum absolute atomic E-state index is 12.7. The summed E-state index contributed by atoms with van der Waals surface area (Å²) < 4.78 is 5.31. The number of hydrogen-bond donors (Lipinski definition) is 0. The van der Waals surface area contributed by atoms with Crippen LogP contribution in [0.1, 0.15) is 19.7 Å². The fourth-order valence-electron chi connectivity index (χ4n) is 2.34. The molecule has 0 spiro atoms. The molecule has 1 unspecified atom stereocenters. The second-order valence-corrected chi connectivity index (χ2v) is 7.78. The smallest absolute Gasteiger partial charge is 0.246 e. The molecule has 1 amide bonds. The molecule has 25 heavy (non-hydrogen) atoms. The summed E-state index contributed by atoms with van der Waals surface area (Å²) >= 11 is 3.11. The third kappa shape index (κ3) is 4.49. The third-order valence-corrected chi connectivity index (χ3v) is 5.60. The highest BCUT2D eigenvalue weighted by Crippen LogP contribution is 2.25. The van der Waals surface area contributed by atoms with Gasteiger partial charge in [-0.3, -0.25) is 4.79 Å². The minimum Gasteiger partial charge on any atom is -0.337 e. The Bertz CT molecular complexity index is 803. The molecular weight excluding hydrogens is 354 g/mol. The first-order valence-corrected chi connectivity index (χ1v) is 9.80. The SMILES string of the molecule is CCN(Cc1nc(-c2cccs2)no1)C(=O)C(C)Sc1ccccc1. The van der Waals surface area contributed by atoms with Gasteiger partial charge >= 0.3 is 0 Å². The lowest BCUT2D eigenvalue weighted by Crippen LogP contribution is -2.36. The Balaban J connectivity index is 1.64. The lowest BCUT2D eigenvalue weighted by Gasteiger charge is -2.22. The van der Waals surface area contributed by atoms with Crippen LogP contribution in [-0.2, 0) is 11.3 Å². The van der Waals surface area contributed by atoms with Gasteiger partial charge in [0.25, 0.3) is 0 Å². The molecule has 3 rings (SSSR count). The minimum absolute atomic E-state index is 0.0622. The Morgan fingerprint density at radius 3 is 2.76 bits per heavy atom. The molecule has 7 heteroatoms. The van der Waals surface area contributed by atoms with Crippen LogP contribution in [0.25, 0.3) is 10.7 Å². The van der Waals surface area contributed by atoms with Crippen molar-refractivity contribution < 1.29 is 9.32 Å². The first-order valence-electron chi connectivity index (χ1n) is 8.04. The van der Waals surface area contributed by atoms with Crippen molar-refractivity contribution in [2.24, 2.45) is 0 Å². The third-order valence-electron chi connectivity index (χ3n) is 3.63. The van der Waals surface area contributed by atoms with Crippen molar-refractivity contribution >= 4 is 29.0 Å². The van der Waals surface area contributed by atoms with E-state index in [1.807, 2.05) is 61.7 Å². The number of nitrogens with zero attached hydrogens (tertiary/aromatic N) is 3.